The van der Waals surface area contributed by atoms with Crippen molar-refractivity contribution >= 4 is 5.97 Å². The maximum absolute atomic E-state index is 11.1. The minimum Gasteiger partial charge on any atom is -0.597 e. The van der Waals surface area contributed by atoms with Gasteiger partial charge in [0.05, 0.1) is 7.11 Å². The zero-order valence-electron chi connectivity index (χ0n) is 8.02. The predicted octanol–water partition coefficient (Wildman–Crippen LogP) is 0.852. The minimum atomic E-state index is -0.920. The zero-order chi connectivity index (χ0) is 10.3. The van der Waals surface area contributed by atoms with Gasteiger partial charge in [0.25, 0.3) is 6.04 Å². The van der Waals surface area contributed by atoms with Crippen molar-refractivity contribution in [3.63, 3.8) is 0 Å². The fourth-order valence-corrected chi connectivity index (χ4v) is 0.721. The third-order valence-electron chi connectivity index (χ3n) is 1.39. The third-order valence-corrected chi connectivity index (χ3v) is 1.39. The van der Waals surface area contributed by atoms with Crippen LogP contribution in [0, 0.1) is 5.21 Å². The molecule has 6 heteroatoms. The molecule has 13 heavy (non-hydrogen) atoms. The topological polar surface area (TPSA) is 74.0 Å². The third kappa shape index (κ3) is 3.73. The summed E-state index contributed by atoms with van der Waals surface area (Å²) < 4.78 is 4.41. The lowest BCUT2D eigenvalue weighted by molar-refractivity contribution is -0.583. The van der Waals surface area contributed by atoms with Gasteiger partial charge in [-0.05, 0) is 11.8 Å². The Hall–Kier alpha value is -1.33. The Morgan fingerprint density at radius 3 is 2.62 bits per heavy atom. The first kappa shape index (κ1) is 11.7. The maximum Gasteiger partial charge on any atom is 0.379 e. The first-order valence-electron chi connectivity index (χ1n) is 4.04. The number of carbonyl (C=O) groups excluding carboxylic acids is 1. The van der Waals surface area contributed by atoms with Crippen LogP contribution in [0.1, 0.15) is 20.3 Å². The molecule has 0 heterocycles. The summed E-state index contributed by atoms with van der Waals surface area (Å²) in [5.41, 5.74) is 0. The van der Waals surface area contributed by atoms with Crippen LogP contribution in [0.25, 0.3) is 0 Å². The van der Waals surface area contributed by atoms with Crippen LogP contribution < -0.4 is 0 Å². The molecule has 76 valence electrons. The average molecular weight is 190 g/mol. The van der Waals surface area contributed by atoms with Crippen LogP contribution in [0.4, 0.5) is 0 Å². The van der Waals surface area contributed by atoms with E-state index in [4.69, 9.17) is 0 Å². The van der Waals surface area contributed by atoms with Crippen molar-refractivity contribution in [1.82, 2.24) is 0 Å². The van der Waals surface area contributed by atoms with Crippen molar-refractivity contribution in [3.05, 3.63) is 5.21 Å². The second kappa shape index (κ2) is 6.22. The summed E-state index contributed by atoms with van der Waals surface area (Å²) in [7, 11) is 1.22. The molecule has 0 aromatic heterocycles. The molecule has 1 unspecified atom stereocenters. The van der Waals surface area contributed by atoms with E-state index in [-0.39, 0.29) is 11.5 Å². The van der Waals surface area contributed by atoms with Crippen LogP contribution in [-0.4, -0.2) is 30.6 Å². The zero-order valence-corrected chi connectivity index (χ0v) is 8.02. The van der Waals surface area contributed by atoms with Crippen LogP contribution in [0.15, 0.2) is 5.28 Å². The summed E-state index contributed by atoms with van der Waals surface area (Å²) in [4.78, 5) is 15.7. The monoisotopic (exact) mass is 190 g/mol. The van der Waals surface area contributed by atoms with Crippen LogP contribution in [0.5, 0.6) is 0 Å². The van der Waals surface area contributed by atoms with Crippen molar-refractivity contribution < 1.29 is 19.2 Å². The Bertz CT molecular complexity index is 193. The number of hydrogen-bond donors (Lipinski definition) is 0. The second-order valence-corrected chi connectivity index (χ2v) is 2.25. The van der Waals surface area contributed by atoms with Crippen molar-refractivity contribution in [2.75, 3.05) is 13.7 Å². The molecule has 0 saturated carbocycles. The summed E-state index contributed by atoms with van der Waals surface area (Å²) in [6.07, 6.45) is 0.326. The van der Waals surface area contributed by atoms with Crippen LogP contribution in [0.3, 0.4) is 0 Å². The van der Waals surface area contributed by atoms with Crippen LogP contribution in [-0.2, 0) is 14.4 Å². The van der Waals surface area contributed by atoms with E-state index < -0.39 is 12.0 Å². The lowest BCUT2D eigenvalue weighted by Crippen LogP contribution is -2.30. The number of esters is 1. The molecule has 6 nitrogen and oxygen atoms in total. The molecule has 0 fully saturated rings. The first-order valence-corrected chi connectivity index (χ1v) is 4.04. The maximum atomic E-state index is 11.1. The van der Waals surface area contributed by atoms with E-state index in [0.29, 0.717) is 6.42 Å². The van der Waals surface area contributed by atoms with Crippen LogP contribution >= 0.6 is 0 Å². The average Bonchev–Trinajstić information content (AvgIpc) is 2.15. The van der Waals surface area contributed by atoms with Gasteiger partial charge in [0, 0.05) is 6.42 Å². The highest BCUT2D eigenvalue weighted by molar-refractivity contribution is 5.73. The van der Waals surface area contributed by atoms with Gasteiger partial charge in [0.15, 0.2) is 0 Å². The number of nitrogens with zero attached hydrogens (tertiary/aromatic N) is 2. The number of hydroxylamine groups is 1. The highest BCUT2D eigenvalue weighted by atomic mass is 16.7. The van der Waals surface area contributed by atoms with E-state index in [1.54, 1.807) is 13.8 Å². The van der Waals surface area contributed by atoms with Gasteiger partial charge in [-0.1, -0.05) is 6.92 Å². The largest absolute Gasteiger partial charge is 0.597 e. The Morgan fingerprint density at radius 1 is 1.62 bits per heavy atom. The van der Waals surface area contributed by atoms with Crippen molar-refractivity contribution in [2.24, 2.45) is 5.28 Å². The van der Waals surface area contributed by atoms with Gasteiger partial charge in [-0.2, -0.15) is 0 Å². The molecule has 0 bridgehead atoms. The number of carbonyl (C=O) groups is 1. The van der Waals surface area contributed by atoms with Gasteiger partial charge in [0.1, 0.15) is 6.61 Å². The molecule has 0 N–H and O–H groups in total. The second-order valence-electron chi connectivity index (χ2n) is 2.25. The molecular weight excluding hydrogens is 176 g/mol. The lowest BCUT2D eigenvalue weighted by Gasteiger charge is -2.08. The molecule has 0 saturated heterocycles. The number of methoxy groups -OCH3 is 1. The number of rotatable bonds is 5. The number of ether oxygens (including phenoxy) is 1. The summed E-state index contributed by atoms with van der Waals surface area (Å²) in [6, 6.07) is -0.920. The SMILES string of the molecule is CCO/N=[N+](/[O-])C(CC)C(=O)OC. The van der Waals surface area contributed by atoms with Crippen molar-refractivity contribution in [1.29, 1.82) is 0 Å². The van der Waals surface area contributed by atoms with Gasteiger partial charge in [0.2, 0.25) is 5.28 Å². The molecule has 0 amide bonds. The highest BCUT2D eigenvalue weighted by Gasteiger charge is 2.27. The molecular formula is C7H14N2O4. The standard InChI is InChI=1S/C7H14N2O4/c1-4-6(7(10)12-3)9(11)8-13-5-2/h6H,4-5H2,1-3H3/b9-8+. The Balaban J connectivity index is 4.30. The molecule has 0 aliphatic heterocycles. The predicted molar refractivity (Wildman–Crippen MR) is 43.8 cm³/mol. The van der Waals surface area contributed by atoms with E-state index in [1.165, 1.54) is 7.11 Å². The molecule has 0 radical (unpaired) electrons. The van der Waals surface area contributed by atoms with E-state index in [2.05, 4.69) is 14.9 Å². The lowest BCUT2D eigenvalue weighted by atomic mass is 10.2. The molecule has 0 aliphatic rings. The summed E-state index contributed by atoms with van der Waals surface area (Å²) in [5.74, 6) is -0.610. The van der Waals surface area contributed by atoms with Crippen LogP contribution in [0.2, 0.25) is 0 Å². The quantitative estimate of drug-likeness (QED) is 0.279. The molecule has 0 spiro atoms. The fraction of sp³-hybridized carbons (Fsp3) is 0.857. The van der Waals surface area contributed by atoms with E-state index in [1.807, 2.05) is 0 Å². The number of hydrogen-bond acceptors (Lipinski definition) is 5. The minimum absolute atomic E-state index is 0.218. The van der Waals surface area contributed by atoms with Gasteiger partial charge in [-0.3, -0.25) is 0 Å². The summed E-state index contributed by atoms with van der Waals surface area (Å²) in [5, 5.41) is 14.2. The Morgan fingerprint density at radius 2 is 2.23 bits per heavy atom. The van der Waals surface area contributed by atoms with Gasteiger partial charge in [-0.25, -0.2) is 4.79 Å². The molecule has 0 rings (SSSR count). The van der Waals surface area contributed by atoms with E-state index >= 15 is 0 Å². The van der Waals surface area contributed by atoms with Gasteiger partial charge in [-0.15, -0.1) is 0 Å². The first-order chi connectivity index (χ1) is 6.17. The Labute approximate surface area is 76.7 Å². The van der Waals surface area contributed by atoms with Crippen molar-refractivity contribution in [2.45, 2.75) is 26.3 Å². The van der Waals surface area contributed by atoms with E-state index in [9.17, 15) is 10.0 Å². The van der Waals surface area contributed by atoms with Gasteiger partial charge >= 0.3 is 5.97 Å². The van der Waals surface area contributed by atoms with Gasteiger partial charge < -0.3 is 14.8 Å². The molecule has 0 aliphatic carbocycles. The molecule has 0 aromatic rings. The molecule has 1 atom stereocenters. The summed E-state index contributed by atoms with van der Waals surface area (Å²) >= 11 is 0. The van der Waals surface area contributed by atoms with E-state index in [0.717, 1.165) is 0 Å². The molecule has 0 aromatic carbocycles. The fourth-order valence-electron chi connectivity index (χ4n) is 0.721. The van der Waals surface area contributed by atoms with Crippen molar-refractivity contribution in [3.8, 4) is 0 Å². The highest BCUT2D eigenvalue weighted by Crippen LogP contribution is 2.00. The normalized spacial score (nSPS) is 13.6. The summed E-state index contributed by atoms with van der Waals surface area (Å²) in [6.45, 7) is 3.67. The smallest absolute Gasteiger partial charge is 0.379 e. The Kier molecular flexibility index (Phi) is 5.58.